The average molecular weight is 398 g/mol. The van der Waals surface area contributed by atoms with Gasteiger partial charge in [-0.1, -0.05) is 30.3 Å². The van der Waals surface area contributed by atoms with Gasteiger partial charge in [-0.3, -0.25) is 9.52 Å². The summed E-state index contributed by atoms with van der Waals surface area (Å²) in [5.74, 6) is -0.772. The van der Waals surface area contributed by atoms with E-state index in [1.807, 2.05) is 13.0 Å². The minimum absolute atomic E-state index is 0.0107. The molecule has 3 aromatic rings. The zero-order chi connectivity index (χ0) is 20.1. The molecule has 0 spiro atoms. The second-order valence-corrected chi connectivity index (χ2v) is 7.99. The number of carbonyl (C=O) groups excluding carboxylic acids is 1. The summed E-state index contributed by atoms with van der Waals surface area (Å²) in [6, 6.07) is 18.6. The SMILES string of the molecule is Cc1cccc(NS(=O)(=O)c2cccc(C(=O)NCc3ccc(F)cc3)c2)c1. The van der Waals surface area contributed by atoms with E-state index in [1.54, 1.807) is 30.3 Å². The van der Waals surface area contributed by atoms with Gasteiger partial charge in [0.2, 0.25) is 0 Å². The number of benzene rings is 3. The Bertz CT molecular complexity index is 1100. The van der Waals surface area contributed by atoms with Crippen LogP contribution in [0.5, 0.6) is 0 Å². The van der Waals surface area contributed by atoms with E-state index in [2.05, 4.69) is 10.0 Å². The Morgan fingerprint density at radius 2 is 1.68 bits per heavy atom. The Hall–Kier alpha value is -3.19. The molecule has 2 N–H and O–H groups in total. The van der Waals surface area contributed by atoms with Gasteiger partial charge in [0.15, 0.2) is 0 Å². The molecule has 0 aliphatic rings. The van der Waals surface area contributed by atoms with E-state index in [-0.39, 0.29) is 22.8 Å². The van der Waals surface area contributed by atoms with Gasteiger partial charge in [-0.05, 0) is 60.5 Å². The summed E-state index contributed by atoms with van der Waals surface area (Å²) < 4.78 is 40.7. The van der Waals surface area contributed by atoms with Gasteiger partial charge in [-0.15, -0.1) is 0 Å². The highest BCUT2D eigenvalue weighted by Gasteiger charge is 2.16. The molecule has 144 valence electrons. The molecule has 3 rings (SSSR count). The molecule has 0 saturated carbocycles. The van der Waals surface area contributed by atoms with E-state index in [0.717, 1.165) is 11.1 Å². The van der Waals surface area contributed by atoms with Gasteiger partial charge in [0, 0.05) is 17.8 Å². The number of sulfonamides is 1. The average Bonchev–Trinajstić information content (AvgIpc) is 2.67. The topological polar surface area (TPSA) is 75.3 Å². The second kappa shape index (κ2) is 8.22. The molecule has 0 radical (unpaired) electrons. The monoisotopic (exact) mass is 398 g/mol. The number of amides is 1. The molecule has 0 fully saturated rings. The number of carbonyl (C=O) groups is 1. The highest BCUT2D eigenvalue weighted by Crippen LogP contribution is 2.18. The zero-order valence-corrected chi connectivity index (χ0v) is 16.0. The van der Waals surface area contributed by atoms with Crippen LogP contribution in [0, 0.1) is 12.7 Å². The number of rotatable bonds is 6. The first kappa shape index (κ1) is 19.6. The second-order valence-electron chi connectivity index (χ2n) is 6.31. The lowest BCUT2D eigenvalue weighted by atomic mass is 10.2. The summed E-state index contributed by atoms with van der Waals surface area (Å²) in [4.78, 5) is 12.4. The fraction of sp³-hybridized carbons (Fsp3) is 0.0952. The fourth-order valence-corrected chi connectivity index (χ4v) is 3.71. The minimum Gasteiger partial charge on any atom is -0.348 e. The molecule has 0 heterocycles. The molecular formula is C21H19FN2O3S. The number of nitrogens with one attached hydrogen (secondary N) is 2. The maximum Gasteiger partial charge on any atom is 0.261 e. The van der Waals surface area contributed by atoms with Gasteiger partial charge < -0.3 is 5.32 Å². The number of aryl methyl sites for hydroxylation is 1. The molecule has 0 atom stereocenters. The van der Waals surface area contributed by atoms with Crippen molar-refractivity contribution >= 4 is 21.6 Å². The van der Waals surface area contributed by atoms with Gasteiger partial charge in [0.05, 0.1) is 4.90 Å². The Kier molecular flexibility index (Phi) is 5.75. The van der Waals surface area contributed by atoms with E-state index in [9.17, 15) is 17.6 Å². The molecule has 0 aliphatic carbocycles. The Balaban J connectivity index is 1.73. The molecule has 5 nitrogen and oxygen atoms in total. The first-order chi connectivity index (χ1) is 13.3. The van der Waals surface area contributed by atoms with Crippen LogP contribution in [0.15, 0.2) is 77.7 Å². The summed E-state index contributed by atoms with van der Waals surface area (Å²) in [5, 5.41) is 2.69. The van der Waals surface area contributed by atoms with E-state index < -0.39 is 15.9 Å². The van der Waals surface area contributed by atoms with Crippen LogP contribution in [0.4, 0.5) is 10.1 Å². The van der Waals surface area contributed by atoms with Gasteiger partial charge >= 0.3 is 0 Å². The van der Waals surface area contributed by atoms with Crippen molar-refractivity contribution in [3.8, 4) is 0 Å². The molecule has 0 saturated heterocycles. The maximum atomic E-state index is 12.9. The third kappa shape index (κ3) is 4.95. The van der Waals surface area contributed by atoms with Crippen molar-refractivity contribution in [3.63, 3.8) is 0 Å². The Labute approximate surface area is 163 Å². The predicted molar refractivity (Wildman–Crippen MR) is 106 cm³/mol. The minimum atomic E-state index is -3.83. The van der Waals surface area contributed by atoms with Gasteiger partial charge in [0.1, 0.15) is 5.82 Å². The first-order valence-corrected chi connectivity index (χ1v) is 10.0. The highest BCUT2D eigenvalue weighted by molar-refractivity contribution is 7.92. The van der Waals surface area contributed by atoms with E-state index in [0.29, 0.717) is 5.69 Å². The quantitative estimate of drug-likeness (QED) is 0.662. The van der Waals surface area contributed by atoms with Crippen LogP contribution in [0.1, 0.15) is 21.5 Å². The van der Waals surface area contributed by atoms with E-state index >= 15 is 0 Å². The first-order valence-electron chi connectivity index (χ1n) is 8.56. The van der Waals surface area contributed by atoms with Gasteiger partial charge in [-0.25, -0.2) is 12.8 Å². The number of hydrogen-bond donors (Lipinski definition) is 2. The predicted octanol–water partition coefficient (Wildman–Crippen LogP) is 3.86. The molecule has 0 aliphatic heterocycles. The molecule has 0 bridgehead atoms. The van der Waals surface area contributed by atoms with Crippen LogP contribution < -0.4 is 10.0 Å². The largest absolute Gasteiger partial charge is 0.348 e. The highest BCUT2D eigenvalue weighted by atomic mass is 32.2. The van der Waals surface area contributed by atoms with E-state index in [4.69, 9.17) is 0 Å². The molecule has 3 aromatic carbocycles. The molecule has 0 unspecified atom stereocenters. The van der Waals surface area contributed by atoms with Crippen LogP contribution >= 0.6 is 0 Å². The normalized spacial score (nSPS) is 11.1. The third-order valence-corrected chi connectivity index (χ3v) is 5.42. The maximum absolute atomic E-state index is 12.9. The molecule has 0 aromatic heterocycles. The van der Waals surface area contributed by atoms with Crippen molar-refractivity contribution in [3.05, 3.63) is 95.3 Å². The third-order valence-electron chi connectivity index (χ3n) is 4.04. The summed E-state index contributed by atoms with van der Waals surface area (Å²) >= 11 is 0. The van der Waals surface area contributed by atoms with E-state index in [1.165, 1.54) is 36.4 Å². The van der Waals surface area contributed by atoms with Crippen molar-refractivity contribution in [2.24, 2.45) is 0 Å². The zero-order valence-electron chi connectivity index (χ0n) is 15.1. The molecular weight excluding hydrogens is 379 g/mol. The lowest BCUT2D eigenvalue weighted by molar-refractivity contribution is 0.0950. The molecule has 7 heteroatoms. The van der Waals surface area contributed by atoms with Crippen molar-refractivity contribution < 1.29 is 17.6 Å². The summed E-state index contributed by atoms with van der Waals surface area (Å²) in [5.41, 5.74) is 2.33. The van der Waals surface area contributed by atoms with Crippen molar-refractivity contribution in [1.82, 2.24) is 5.32 Å². The summed E-state index contributed by atoms with van der Waals surface area (Å²) in [6.45, 7) is 2.07. The summed E-state index contributed by atoms with van der Waals surface area (Å²) in [6.07, 6.45) is 0. The summed E-state index contributed by atoms with van der Waals surface area (Å²) in [7, 11) is -3.83. The number of anilines is 1. The van der Waals surface area contributed by atoms with Gasteiger partial charge in [-0.2, -0.15) is 0 Å². The van der Waals surface area contributed by atoms with Gasteiger partial charge in [0.25, 0.3) is 15.9 Å². The molecule has 1 amide bonds. The Morgan fingerprint density at radius 1 is 0.964 bits per heavy atom. The lowest BCUT2D eigenvalue weighted by Gasteiger charge is -2.10. The van der Waals surface area contributed by atoms with Crippen LogP contribution in [0.25, 0.3) is 0 Å². The van der Waals surface area contributed by atoms with Crippen molar-refractivity contribution in [1.29, 1.82) is 0 Å². The van der Waals surface area contributed by atoms with Crippen LogP contribution in [-0.2, 0) is 16.6 Å². The number of hydrogen-bond acceptors (Lipinski definition) is 3. The smallest absolute Gasteiger partial charge is 0.261 e. The molecule has 28 heavy (non-hydrogen) atoms. The number of halogens is 1. The Morgan fingerprint density at radius 3 is 2.39 bits per heavy atom. The van der Waals surface area contributed by atoms with Crippen LogP contribution in [0.3, 0.4) is 0 Å². The fourth-order valence-electron chi connectivity index (χ4n) is 2.61. The van der Waals surface area contributed by atoms with Crippen LogP contribution in [-0.4, -0.2) is 14.3 Å². The standard InChI is InChI=1S/C21H19FN2O3S/c1-15-4-2-6-19(12-15)24-28(26,27)20-7-3-5-17(13-20)21(25)23-14-16-8-10-18(22)11-9-16/h2-13,24H,14H2,1H3,(H,23,25). The van der Waals surface area contributed by atoms with Crippen LogP contribution in [0.2, 0.25) is 0 Å². The van der Waals surface area contributed by atoms with Crippen molar-refractivity contribution in [2.45, 2.75) is 18.4 Å². The van der Waals surface area contributed by atoms with Crippen molar-refractivity contribution in [2.75, 3.05) is 4.72 Å². The lowest BCUT2D eigenvalue weighted by Crippen LogP contribution is -2.23.